The van der Waals surface area contributed by atoms with Gasteiger partial charge in [0, 0.05) is 6.54 Å². The van der Waals surface area contributed by atoms with Crippen molar-refractivity contribution < 1.29 is 32.7 Å². The normalized spacial score (nSPS) is 13.1. The molecule has 6 nitrogen and oxygen atoms in total. The number of benzene rings is 1. The molecule has 0 saturated heterocycles. The number of rotatable bonds is 5. The fourth-order valence-electron chi connectivity index (χ4n) is 1.36. The van der Waals surface area contributed by atoms with Gasteiger partial charge in [0.1, 0.15) is 11.5 Å². The van der Waals surface area contributed by atoms with Gasteiger partial charge in [-0.25, -0.2) is 4.39 Å². The molecule has 0 heterocycles. The Kier molecular flexibility index (Phi) is 4.84. The second-order valence-electron chi connectivity index (χ2n) is 3.82. The fraction of sp³-hybridized carbons (Fsp3) is 0.400. The number of anilines is 1. The van der Waals surface area contributed by atoms with Crippen molar-refractivity contribution in [3.8, 4) is 0 Å². The predicted molar refractivity (Wildman–Crippen MR) is 59.6 cm³/mol. The highest BCUT2D eigenvalue weighted by atomic mass is 19.4. The number of alkyl halides is 3. The Morgan fingerprint density at radius 2 is 2.00 bits per heavy atom. The first kappa shape index (κ1) is 16.1. The summed E-state index contributed by atoms with van der Waals surface area (Å²) in [4.78, 5) is 9.60. The molecule has 0 amide bonds. The van der Waals surface area contributed by atoms with E-state index in [4.69, 9.17) is 10.2 Å². The van der Waals surface area contributed by atoms with E-state index in [1.54, 1.807) is 0 Å². The number of nitro benzene ring substituents is 1. The number of aliphatic hydroxyl groups is 2. The van der Waals surface area contributed by atoms with Gasteiger partial charge in [0.25, 0.3) is 5.69 Å². The molecule has 0 radical (unpaired) electrons. The molecule has 20 heavy (non-hydrogen) atoms. The number of nitrogens with zero attached hydrogens (tertiary/aromatic N) is 1. The molecule has 0 aromatic heterocycles. The minimum Gasteiger partial charge on any atom is -0.394 e. The topological polar surface area (TPSA) is 95.6 Å². The average molecular weight is 298 g/mol. The Morgan fingerprint density at radius 3 is 2.45 bits per heavy atom. The summed E-state index contributed by atoms with van der Waals surface area (Å²) in [5, 5.41) is 30.4. The maximum atomic E-state index is 13.2. The molecule has 1 atom stereocenters. The van der Waals surface area contributed by atoms with Crippen LogP contribution in [0.1, 0.15) is 5.56 Å². The number of halogens is 4. The van der Waals surface area contributed by atoms with Gasteiger partial charge in [-0.2, -0.15) is 13.2 Å². The lowest BCUT2D eigenvalue weighted by Crippen LogP contribution is -2.23. The van der Waals surface area contributed by atoms with Crippen molar-refractivity contribution in [2.75, 3.05) is 18.5 Å². The molecule has 0 aliphatic carbocycles. The van der Waals surface area contributed by atoms with E-state index in [0.717, 1.165) is 0 Å². The summed E-state index contributed by atoms with van der Waals surface area (Å²) in [6.45, 7) is -1.12. The van der Waals surface area contributed by atoms with Crippen LogP contribution >= 0.6 is 0 Å². The Hall–Kier alpha value is -1.94. The highest BCUT2D eigenvalue weighted by Gasteiger charge is 2.36. The maximum absolute atomic E-state index is 13.2. The smallest absolute Gasteiger partial charge is 0.394 e. The van der Waals surface area contributed by atoms with Gasteiger partial charge in [-0.3, -0.25) is 10.1 Å². The quantitative estimate of drug-likeness (QED) is 0.435. The monoisotopic (exact) mass is 298 g/mol. The Bertz CT molecular complexity index is 507. The number of nitro groups is 1. The molecule has 3 N–H and O–H groups in total. The van der Waals surface area contributed by atoms with Gasteiger partial charge in [-0.1, -0.05) is 0 Å². The lowest BCUT2D eigenvalue weighted by molar-refractivity contribution is -0.384. The molecule has 1 rings (SSSR count). The van der Waals surface area contributed by atoms with E-state index >= 15 is 0 Å². The lowest BCUT2D eigenvalue weighted by atomic mass is 10.1. The molecule has 0 aliphatic heterocycles. The summed E-state index contributed by atoms with van der Waals surface area (Å²) < 4.78 is 50.7. The largest absolute Gasteiger partial charge is 0.419 e. The first-order valence-corrected chi connectivity index (χ1v) is 5.24. The van der Waals surface area contributed by atoms with Crippen LogP contribution in [0.3, 0.4) is 0 Å². The highest BCUT2D eigenvalue weighted by Crippen LogP contribution is 2.37. The number of hydrogen-bond donors (Lipinski definition) is 3. The van der Waals surface area contributed by atoms with Gasteiger partial charge < -0.3 is 15.5 Å². The molecule has 0 bridgehead atoms. The van der Waals surface area contributed by atoms with E-state index in [2.05, 4.69) is 5.32 Å². The molecule has 1 aromatic rings. The van der Waals surface area contributed by atoms with Gasteiger partial charge in [0.15, 0.2) is 0 Å². The molecule has 0 aliphatic rings. The van der Waals surface area contributed by atoms with Crippen LogP contribution < -0.4 is 5.32 Å². The summed E-state index contributed by atoms with van der Waals surface area (Å²) in [6.07, 6.45) is -6.33. The summed E-state index contributed by atoms with van der Waals surface area (Å²) >= 11 is 0. The maximum Gasteiger partial charge on any atom is 0.419 e. The van der Waals surface area contributed by atoms with E-state index in [1.165, 1.54) is 0 Å². The third kappa shape index (κ3) is 3.78. The summed E-state index contributed by atoms with van der Waals surface area (Å²) in [6, 6.07) is 0.397. The van der Waals surface area contributed by atoms with Crippen LogP contribution in [0.2, 0.25) is 0 Å². The standard InChI is InChI=1S/C10H10F4N2O4/c11-7-2-9(16(19)20)8(15-3-5(18)4-17)1-6(7)10(12,13)14/h1-2,5,15,17-18H,3-4H2. The Labute approximate surface area is 109 Å². The Morgan fingerprint density at radius 1 is 1.40 bits per heavy atom. The fourth-order valence-corrected chi connectivity index (χ4v) is 1.36. The number of aliphatic hydroxyl groups excluding tert-OH is 2. The van der Waals surface area contributed by atoms with E-state index in [-0.39, 0.29) is 12.1 Å². The van der Waals surface area contributed by atoms with Crippen LogP contribution in [0.25, 0.3) is 0 Å². The van der Waals surface area contributed by atoms with Crippen molar-refractivity contribution >= 4 is 11.4 Å². The van der Waals surface area contributed by atoms with Crippen LogP contribution in [0, 0.1) is 15.9 Å². The van der Waals surface area contributed by atoms with Crippen molar-refractivity contribution in [3.63, 3.8) is 0 Å². The molecular formula is C10H10F4N2O4. The van der Waals surface area contributed by atoms with Gasteiger partial charge in [0.05, 0.1) is 29.3 Å². The van der Waals surface area contributed by atoms with Crippen molar-refractivity contribution in [3.05, 3.63) is 33.6 Å². The minimum atomic E-state index is -5.01. The van der Waals surface area contributed by atoms with E-state index in [9.17, 15) is 27.7 Å². The number of hydrogen-bond acceptors (Lipinski definition) is 5. The van der Waals surface area contributed by atoms with Crippen LogP contribution in [-0.4, -0.2) is 34.4 Å². The molecule has 0 fully saturated rings. The summed E-state index contributed by atoms with van der Waals surface area (Å²) in [5.74, 6) is -1.77. The number of nitrogens with one attached hydrogen (secondary N) is 1. The molecule has 112 valence electrons. The molecule has 0 saturated carbocycles. The molecule has 1 unspecified atom stereocenters. The zero-order chi connectivity index (χ0) is 15.5. The zero-order valence-electron chi connectivity index (χ0n) is 9.82. The van der Waals surface area contributed by atoms with Crippen molar-refractivity contribution in [2.45, 2.75) is 12.3 Å². The third-order valence-corrected chi connectivity index (χ3v) is 2.33. The van der Waals surface area contributed by atoms with Gasteiger partial charge >= 0.3 is 6.18 Å². The molecule has 1 aromatic carbocycles. The molecular weight excluding hydrogens is 288 g/mol. The van der Waals surface area contributed by atoms with E-state index < -0.39 is 53.1 Å². The van der Waals surface area contributed by atoms with Crippen molar-refractivity contribution in [2.24, 2.45) is 0 Å². The minimum absolute atomic E-state index is 0.149. The van der Waals surface area contributed by atoms with Gasteiger partial charge in [0.2, 0.25) is 0 Å². The van der Waals surface area contributed by atoms with E-state index in [0.29, 0.717) is 0 Å². The van der Waals surface area contributed by atoms with Crippen LogP contribution in [-0.2, 0) is 6.18 Å². The first-order valence-electron chi connectivity index (χ1n) is 5.24. The molecule has 10 heteroatoms. The summed E-state index contributed by atoms with van der Waals surface area (Å²) in [5.41, 5.74) is -3.17. The van der Waals surface area contributed by atoms with Gasteiger partial charge in [-0.15, -0.1) is 0 Å². The van der Waals surface area contributed by atoms with Crippen molar-refractivity contribution in [1.29, 1.82) is 0 Å². The average Bonchev–Trinajstić information content (AvgIpc) is 2.34. The third-order valence-electron chi connectivity index (χ3n) is 2.33. The second kappa shape index (κ2) is 6.01. The van der Waals surface area contributed by atoms with Crippen molar-refractivity contribution in [1.82, 2.24) is 0 Å². The highest BCUT2D eigenvalue weighted by molar-refractivity contribution is 5.63. The van der Waals surface area contributed by atoms with Crippen LogP contribution in [0.15, 0.2) is 12.1 Å². The SMILES string of the molecule is O=[N+]([O-])c1cc(F)c(C(F)(F)F)cc1NCC(O)CO. The Balaban J connectivity index is 3.21. The van der Waals surface area contributed by atoms with Crippen LogP contribution in [0.4, 0.5) is 28.9 Å². The first-order chi connectivity index (χ1) is 9.16. The van der Waals surface area contributed by atoms with Gasteiger partial charge in [-0.05, 0) is 6.07 Å². The predicted octanol–water partition coefficient (Wildman–Crippen LogP) is 1.52. The zero-order valence-corrected chi connectivity index (χ0v) is 9.82. The molecule has 0 spiro atoms. The second-order valence-corrected chi connectivity index (χ2v) is 3.82. The lowest BCUT2D eigenvalue weighted by Gasteiger charge is -2.13. The summed E-state index contributed by atoms with van der Waals surface area (Å²) in [7, 11) is 0. The van der Waals surface area contributed by atoms with E-state index in [1.807, 2.05) is 0 Å². The van der Waals surface area contributed by atoms with Crippen LogP contribution in [0.5, 0.6) is 0 Å².